The Morgan fingerprint density at radius 2 is 1.81 bits per heavy atom. The predicted molar refractivity (Wildman–Crippen MR) is 88.9 cm³/mol. The lowest BCUT2D eigenvalue weighted by Gasteiger charge is -2.10. The first kappa shape index (κ1) is 16.1. The van der Waals surface area contributed by atoms with Gasteiger partial charge in [0.05, 0.1) is 16.5 Å². The van der Waals surface area contributed by atoms with Crippen LogP contribution in [0.15, 0.2) is 42.6 Å². The second-order valence-electron chi connectivity index (χ2n) is 5.85. The maximum absolute atomic E-state index is 12.8. The van der Waals surface area contributed by atoms with E-state index in [0.29, 0.717) is 27.8 Å². The molecule has 132 valence electrons. The molecule has 4 rings (SSSR count). The fraction of sp³-hybridized carbons (Fsp3) is 0.118. The molecule has 0 aliphatic rings. The Balaban J connectivity index is 2.00. The van der Waals surface area contributed by atoms with Crippen molar-refractivity contribution in [3.8, 4) is 5.69 Å². The average Bonchev–Trinajstić information content (AvgIpc) is 3.08. The molecular weight excluding hydrogens is 347 g/mol. The van der Waals surface area contributed by atoms with Crippen molar-refractivity contribution in [2.45, 2.75) is 6.18 Å². The van der Waals surface area contributed by atoms with Gasteiger partial charge in [-0.3, -0.25) is 14.0 Å². The number of fused-ring (bicyclic) bond motifs is 3. The van der Waals surface area contributed by atoms with Gasteiger partial charge >= 0.3 is 6.18 Å². The molecule has 4 aromatic rings. The number of nitrogens with zero attached hydrogens (tertiary/aromatic N) is 4. The number of aromatic nitrogens is 4. The van der Waals surface area contributed by atoms with E-state index in [-0.39, 0.29) is 5.69 Å². The number of halogens is 3. The van der Waals surface area contributed by atoms with E-state index in [0.717, 1.165) is 12.1 Å². The molecule has 0 aliphatic heterocycles. The number of benzene rings is 1. The van der Waals surface area contributed by atoms with Crippen molar-refractivity contribution in [2.75, 3.05) is 0 Å². The summed E-state index contributed by atoms with van der Waals surface area (Å²) in [6.07, 6.45) is -2.68. The molecular formula is C17H12F3N5O. The molecule has 1 aromatic carbocycles. The number of carbonyl (C=O) groups excluding carboxylic acids is 1. The number of alkyl halides is 3. The average molecular weight is 359 g/mol. The highest BCUT2D eigenvalue weighted by atomic mass is 19.4. The Kier molecular flexibility index (Phi) is 3.30. The van der Waals surface area contributed by atoms with Gasteiger partial charge < -0.3 is 5.73 Å². The number of nitrogens with two attached hydrogens (primary N) is 1. The largest absolute Gasteiger partial charge is 0.416 e. The third-order valence-electron chi connectivity index (χ3n) is 4.10. The predicted octanol–water partition coefficient (Wildman–Crippen LogP) is 3.03. The minimum Gasteiger partial charge on any atom is -0.364 e. The molecule has 0 saturated carbocycles. The molecule has 0 bridgehead atoms. The maximum atomic E-state index is 12.8. The number of pyridine rings is 1. The summed E-state index contributed by atoms with van der Waals surface area (Å²) >= 11 is 0. The van der Waals surface area contributed by atoms with Crippen molar-refractivity contribution in [1.29, 1.82) is 0 Å². The summed E-state index contributed by atoms with van der Waals surface area (Å²) < 4.78 is 41.7. The van der Waals surface area contributed by atoms with E-state index in [1.54, 1.807) is 28.6 Å². The van der Waals surface area contributed by atoms with Crippen LogP contribution >= 0.6 is 0 Å². The van der Waals surface area contributed by atoms with Gasteiger partial charge in [0.1, 0.15) is 11.2 Å². The topological polar surface area (TPSA) is 78.7 Å². The second kappa shape index (κ2) is 5.32. The molecule has 0 aliphatic carbocycles. The first-order valence-corrected chi connectivity index (χ1v) is 7.58. The fourth-order valence-electron chi connectivity index (χ4n) is 2.95. The first-order valence-electron chi connectivity index (χ1n) is 7.58. The van der Waals surface area contributed by atoms with E-state index >= 15 is 0 Å². The van der Waals surface area contributed by atoms with Crippen LogP contribution in [0.3, 0.4) is 0 Å². The number of hydrogen-bond donors (Lipinski definition) is 1. The van der Waals surface area contributed by atoms with Crippen LogP contribution < -0.4 is 5.73 Å². The van der Waals surface area contributed by atoms with Crippen molar-refractivity contribution >= 4 is 28.0 Å². The molecule has 9 heteroatoms. The Morgan fingerprint density at radius 1 is 1.12 bits per heavy atom. The normalized spacial score (nSPS) is 12.2. The number of amides is 1. The molecule has 1 amide bonds. The molecule has 0 radical (unpaired) electrons. The molecule has 0 atom stereocenters. The highest BCUT2D eigenvalue weighted by Crippen LogP contribution is 2.33. The van der Waals surface area contributed by atoms with E-state index in [1.807, 2.05) is 0 Å². The van der Waals surface area contributed by atoms with Crippen LogP contribution in [0.5, 0.6) is 0 Å². The summed E-state index contributed by atoms with van der Waals surface area (Å²) in [5.41, 5.74) is 6.82. The van der Waals surface area contributed by atoms with Crippen molar-refractivity contribution in [3.05, 3.63) is 53.9 Å². The van der Waals surface area contributed by atoms with E-state index in [4.69, 9.17) is 5.73 Å². The molecule has 0 spiro atoms. The quantitative estimate of drug-likeness (QED) is 0.597. The van der Waals surface area contributed by atoms with Gasteiger partial charge in [0.2, 0.25) is 0 Å². The van der Waals surface area contributed by atoms with Gasteiger partial charge in [-0.1, -0.05) is 0 Å². The number of rotatable bonds is 2. The Hall–Kier alpha value is -3.36. The minimum absolute atomic E-state index is 0.104. The van der Waals surface area contributed by atoms with Gasteiger partial charge in [-0.05, 0) is 36.4 Å². The van der Waals surface area contributed by atoms with Gasteiger partial charge in [-0.25, -0.2) is 4.98 Å². The highest BCUT2D eigenvalue weighted by molar-refractivity contribution is 6.07. The van der Waals surface area contributed by atoms with Crippen molar-refractivity contribution < 1.29 is 18.0 Å². The lowest BCUT2D eigenvalue weighted by Crippen LogP contribution is -2.12. The minimum atomic E-state index is -4.41. The third kappa shape index (κ3) is 2.40. The Morgan fingerprint density at radius 3 is 2.42 bits per heavy atom. The number of carbonyl (C=O) groups is 1. The molecule has 0 unspecified atom stereocenters. The molecule has 26 heavy (non-hydrogen) atoms. The lowest BCUT2D eigenvalue weighted by atomic mass is 10.2. The molecule has 3 heterocycles. The van der Waals surface area contributed by atoms with Crippen LogP contribution in [-0.2, 0) is 13.2 Å². The van der Waals surface area contributed by atoms with Gasteiger partial charge in [-0.2, -0.15) is 18.3 Å². The lowest BCUT2D eigenvalue weighted by molar-refractivity contribution is -0.137. The summed E-state index contributed by atoms with van der Waals surface area (Å²) in [6.45, 7) is 0. The zero-order valence-electron chi connectivity index (χ0n) is 13.4. The second-order valence-corrected chi connectivity index (χ2v) is 5.85. The maximum Gasteiger partial charge on any atom is 0.416 e. The Bertz CT molecular complexity index is 1160. The summed E-state index contributed by atoms with van der Waals surface area (Å²) in [6, 6.07) is 7.91. The molecule has 0 fully saturated rings. The monoisotopic (exact) mass is 359 g/mol. The molecule has 2 N–H and O–H groups in total. The van der Waals surface area contributed by atoms with E-state index in [1.165, 1.54) is 18.2 Å². The molecule has 6 nitrogen and oxygen atoms in total. The van der Waals surface area contributed by atoms with Crippen molar-refractivity contribution in [1.82, 2.24) is 19.3 Å². The molecule has 3 aromatic heterocycles. The van der Waals surface area contributed by atoms with Crippen molar-refractivity contribution in [2.24, 2.45) is 12.8 Å². The summed E-state index contributed by atoms with van der Waals surface area (Å²) in [5, 5.41) is 5.05. The summed E-state index contributed by atoms with van der Waals surface area (Å²) in [5.74, 6) is -0.661. The van der Waals surface area contributed by atoms with Gasteiger partial charge in [-0.15, -0.1) is 0 Å². The highest BCUT2D eigenvalue weighted by Gasteiger charge is 2.30. The van der Waals surface area contributed by atoms with Crippen LogP contribution in [0.4, 0.5) is 13.2 Å². The van der Waals surface area contributed by atoms with Gasteiger partial charge in [0, 0.05) is 18.9 Å². The van der Waals surface area contributed by atoms with E-state index < -0.39 is 17.6 Å². The van der Waals surface area contributed by atoms with Crippen LogP contribution in [0.1, 0.15) is 16.1 Å². The number of aryl methyl sites for hydroxylation is 1. The summed E-state index contributed by atoms with van der Waals surface area (Å²) in [4.78, 5) is 15.7. The number of hydrogen-bond acceptors (Lipinski definition) is 3. The number of primary amides is 1. The standard InChI is InChI=1S/C17H12F3N5O/c1-24-8-11-14-13(7-6-12(22-14)15(21)26)25(16(11)23-24)10-4-2-9(3-5-10)17(18,19)20/h2-8H,1H3,(H2,21,26). The van der Waals surface area contributed by atoms with Gasteiger partial charge in [0.15, 0.2) is 5.65 Å². The van der Waals surface area contributed by atoms with Crippen LogP contribution in [-0.4, -0.2) is 25.2 Å². The van der Waals surface area contributed by atoms with Crippen LogP contribution in [0, 0.1) is 0 Å². The van der Waals surface area contributed by atoms with Gasteiger partial charge in [0.25, 0.3) is 5.91 Å². The zero-order valence-corrected chi connectivity index (χ0v) is 13.4. The molecule has 0 saturated heterocycles. The first-order chi connectivity index (χ1) is 12.3. The fourth-order valence-corrected chi connectivity index (χ4v) is 2.95. The van der Waals surface area contributed by atoms with Crippen LogP contribution in [0.25, 0.3) is 27.8 Å². The van der Waals surface area contributed by atoms with Crippen LogP contribution in [0.2, 0.25) is 0 Å². The Labute approximate surface area is 144 Å². The van der Waals surface area contributed by atoms with E-state index in [2.05, 4.69) is 10.1 Å². The van der Waals surface area contributed by atoms with E-state index in [9.17, 15) is 18.0 Å². The van der Waals surface area contributed by atoms with Crippen molar-refractivity contribution in [3.63, 3.8) is 0 Å². The third-order valence-corrected chi connectivity index (χ3v) is 4.10. The summed E-state index contributed by atoms with van der Waals surface area (Å²) in [7, 11) is 1.72. The zero-order chi connectivity index (χ0) is 18.6. The smallest absolute Gasteiger partial charge is 0.364 e. The SMILES string of the molecule is Cn1cc2c3nc(C(N)=O)ccc3n(-c3ccc(C(F)(F)F)cc3)c2n1.